The van der Waals surface area contributed by atoms with Crippen molar-refractivity contribution in [3.8, 4) is 17.2 Å². The molecule has 0 bridgehead atoms. The van der Waals surface area contributed by atoms with Gasteiger partial charge in [0, 0.05) is 42.0 Å². The maximum atomic E-state index is 13.9. The van der Waals surface area contributed by atoms with E-state index in [4.69, 9.17) is 24.7 Å². The Balaban J connectivity index is 1.72. The highest BCUT2D eigenvalue weighted by atomic mass is 16.7. The summed E-state index contributed by atoms with van der Waals surface area (Å²) in [4.78, 5) is 40.1. The van der Waals surface area contributed by atoms with Crippen molar-refractivity contribution in [1.82, 2.24) is 0 Å². The third-order valence-electron chi connectivity index (χ3n) is 7.98. The van der Waals surface area contributed by atoms with Crippen molar-refractivity contribution in [3.05, 3.63) is 51.6 Å². The molecular formula is C28H31NO10. The Bertz CT molecular complexity index is 1380. The number of ether oxygens (including phenoxy) is 4. The van der Waals surface area contributed by atoms with Crippen LogP contribution in [0.5, 0.6) is 17.2 Å². The standard InChI is InChI=1S/C28H31NO10/c1-11-23(31)15(29)8-18(38-11)39-17-10-28(35,12(2)30)9-14-20(17)27(37-4)22-21(25(14)33)24(32)13-6-5-7-16(36-3)19(13)26(22)34/h5-7,11,15,17-18,23,31,33,35H,8-10,29H2,1-4H3/t11-,15-,17-,18-,23+,28-/m0/s1. The first kappa shape index (κ1) is 27.2. The van der Waals surface area contributed by atoms with E-state index in [0.717, 1.165) is 0 Å². The Morgan fingerprint density at radius 3 is 2.46 bits per heavy atom. The highest BCUT2D eigenvalue weighted by Crippen LogP contribution is 2.52. The molecule has 1 aliphatic heterocycles. The molecule has 2 aliphatic carbocycles. The number of aliphatic hydroxyl groups is 2. The third-order valence-corrected chi connectivity index (χ3v) is 7.98. The van der Waals surface area contributed by atoms with Crippen LogP contribution >= 0.6 is 0 Å². The van der Waals surface area contributed by atoms with E-state index in [-0.39, 0.29) is 64.1 Å². The molecule has 0 unspecified atom stereocenters. The minimum atomic E-state index is -1.95. The Kier molecular flexibility index (Phi) is 6.76. The highest BCUT2D eigenvalue weighted by molar-refractivity contribution is 6.31. The molecule has 1 heterocycles. The van der Waals surface area contributed by atoms with Crippen molar-refractivity contribution in [3.63, 3.8) is 0 Å². The zero-order chi connectivity index (χ0) is 28.4. The fourth-order valence-electron chi connectivity index (χ4n) is 5.85. The fraction of sp³-hybridized carbons (Fsp3) is 0.464. The number of aliphatic hydroxyl groups excluding tert-OH is 1. The zero-order valence-electron chi connectivity index (χ0n) is 22.0. The van der Waals surface area contributed by atoms with Gasteiger partial charge < -0.3 is 40.0 Å². The van der Waals surface area contributed by atoms with Gasteiger partial charge in [-0.2, -0.15) is 0 Å². The van der Waals surface area contributed by atoms with Crippen LogP contribution in [0.3, 0.4) is 0 Å². The van der Waals surface area contributed by atoms with E-state index in [2.05, 4.69) is 0 Å². The van der Waals surface area contributed by atoms with Gasteiger partial charge >= 0.3 is 0 Å². The van der Waals surface area contributed by atoms with Crippen LogP contribution in [0, 0.1) is 0 Å². The molecule has 2 aromatic carbocycles. The number of phenolic OH excluding ortho intramolecular Hbond substituents is 1. The predicted molar refractivity (Wildman–Crippen MR) is 135 cm³/mol. The second-order valence-corrected chi connectivity index (χ2v) is 10.3. The number of hydrogen-bond acceptors (Lipinski definition) is 11. The molecule has 39 heavy (non-hydrogen) atoms. The van der Waals surface area contributed by atoms with Crippen LogP contribution in [0.15, 0.2) is 18.2 Å². The number of benzene rings is 2. The summed E-state index contributed by atoms with van der Waals surface area (Å²) in [5.41, 5.74) is 4.03. The number of nitrogens with two attached hydrogens (primary N) is 1. The first-order valence-corrected chi connectivity index (χ1v) is 12.6. The van der Waals surface area contributed by atoms with Gasteiger partial charge in [0.15, 0.2) is 17.9 Å². The summed E-state index contributed by atoms with van der Waals surface area (Å²) >= 11 is 0. The van der Waals surface area contributed by atoms with Crippen LogP contribution in [0.25, 0.3) is 0 Å². The van der Waals surface area contributed by atoms with Crippen molar-refractivity contribution in [2.45, 2.75) is 69.4 Å². The molecule has 11 nitrogen and oxygen atoms in total. The van der Waals surface area contributed by atoms with Gasteiger partial charge in [-0.1, -0.05) is 12.1 Å². The maximum absolute atomic E-state index is 13.9. The van der Waals surface area contributed by atoms with Crippen LogP contribution in [-0.2, 0) is 20.7 Å². The largest absolute Gasteiger partial charge is 0.507 e. The average Bonchev–Trinajstić information content (AvgIpc) is 2.90. The summed E-state index contributed by atoms with van der Waals surface area (Å²) in [6.07, 6.45) is -4.08. The highest BCUT2D eigenvalue weighted by Gasteiger charge is 2.49. The van der Waals surface area contributed by atoms with Gasteiger partial charge in [0.05, 0.1) is 49.2 Å². The molecule has 0 spiro atoms. The van der Waals surface area contributed by atoms with E-state index >= 15 is 0 Å². The molecule has 0 saturated carbocycles. The van der Waals surface area contributed by atoms with E-state index in [0.29, 0.717) is 0 Å². The number of rotatable bonds is 5. The summed E-state index contributed by atoms with van der Waals surface area (Å²) in [5, 5.41) is 33.0. The second kappa shape index (κ2) is 9.68. The van der Waals surface area contributed by atoms with Crippen molar-refractivity contribution < 1.29 is 48.7 Å². The summed E-state index contributed by atoms with van der Waals surface area (Å²) in [7, 11) is 2.69. The number of Topliss-reactive ketones (excluding diaryl/α,β-unsaturated/α-hetero) is 1. The number of ketones is 3. The smallest absolute Gasteiger partial charge is 0.202 e. The first-order valence-electron chi connectivity index (χ1n) is 12.6. The zero-order valence-corrected chi connectivity index (χ0v) is 22.0. The number of hydrogen-bond donors (Lipinski definition) is 4. The topological polar surface area (TPSA) is 175 Å². The Hall–Kier alpha value is -3.35. The first-order chi connectivity index (χ1) is 18.4. The molecule has 0 aromatic heterocycles. The van der Waals surface area contributed by atoms with Crippen LogP contribution in [-0.4, -0.2) is 77.0 Å². The lowest BCUT2D eigenvalue weighted by atomic mass is 9.72. The van der Waals surface area contributed by atoms with E-state index in [1.54, 1.807) is 19.1 Å². The quantitative estimate of drug-likeness (QED) is 0.367. The van der Waals surface area contributed by atoms with E-state index in [9.17, 15) is 29.7 Å². The van der Waals surface area contributed by atoms with Gasteiger partial charge in [0.2, 0.25) is 5.78 Å². The van der Waals surface area contributed by atoms with Crippen molar-refractivity contribution in [2.24, 2.45) is 5.73 Å². The minimum Gasteiger partial charge on any atom is -0.507 e. The number of methoxy groups -OCH3 is 2. The SMILES string of the molecule is COc1cccc2c1C(=O)c1c(OC)c3c(c(O)c1C2=O)C[C@@](O)(C(C)=O)C[C@@H]3O[C@H]1C[C@H](N)[C@H](O)[C@H](C)O1. The Morgan fingerprint density at radius 2 is 1.85 bits per heavy atom. The predicted octanol–water partition coefficient (Wildman–Crippen LogP) is 1.33. The van der Waals surface area contributed by atoms with Gasteiger partial charge in [-0.05, 0) is 19.9 Å². The number of carbonyl (C=O) groups excluding carboxylic acids is 3. The van der Waals surface area contributed by atoms with Crippen molar-refractivity contribution in [2.75, 3.05) is 14.2 Å². The summed E-state index contributed by atoms with van der Waals surface area (Å²) < 4.78 is 23.1. The summed E-state index contributed by atoms with van der Waals surface area (Å²) in [5.74, 6) is -2.16. The summed E-state index contributed by atoms with van der Waals surface area (Å²) in [6, 6.07) is 3.92. The molecule has 1 saturated heterocycles. The molecule has 0 radical (unpaired) electrons. The van der Waals surface area contributed by atoms with Crippen molar-refractivity contribution >= 4 is 17.3 Å². The molecule has 208 valence electrons. The lowest BCUT2D eigenvalue weighted by Crippen LogP contribution is -2.52. The van der Waals surface area contributed by atoms with Gasteiger partial charge in [-0.15, -0.1) is 0 Å². The molecule has 1 fully saturated rings. The van der Waals surface area contributed by atoms with Crippen LogP contribution in [0.4, 0.5) is 0 Å². The molecule has 2 aromatic rings. The lowest BCUT2D eigenvalue weighted by Gasteiger charge is -2.42. The monoisotopic (exact) mass is 541 g/mol. The van der Waals surface area contributed by atoms with Gasteiger partial charge in [0.25, 0.3) is 0 Å². The van der Waals surface area contributed by atoms with Crippen LogP contribution in [0.1, 0.15) is 75.8 Å². The number of aromatic hydroxyl groups is 1. The van der Waals surface area contributed by atoms with E-state index < -0.39 is 59.3 Å². The minimum absolute atomic E-state index is 0.0171. The van der Waals surface area contributed by atoms with Gasteiger partial charge in [0.1, 0.15) is 22.8 Å². The van der Waals surface area contributed by atoms with Gasteiger partial charge in [-0.3, -0.25) is 14.4 Å². The normalized spacial score (nSPS) is 29.8. The molecule has 0 amide bonds. The second-order valence-electron chi connectivity index (χ2n) is 10.3. The summed E-state index contributed by atoms with van der Waals surface area (Å²) in [6.45, 7) is 2.86. The van der Waals surface area contributed by atoms with Crippen LogP contribution < -0.4 is 15.2 Å². The molecule has 5 rings (SSSR count). The maximum Gasteiger partial charge on any atom is 0.202 e. The molecule has 6 atom stereocenters. The number of carbonyl (C=O) groups is 3. The molecule has 11 heteroatoms. The van der Waals surface area contributed by atoms with E-state index in [1.807, 2.05) is 0 Å². The number of fused-ring (bicyclic) bond motifs is 3. The van der Waals surface area contributed by atoms with Crippen LogP contribution in [0.2, 0.25) is 0 Å². The lowest BCUT2D eigenvalue weighted by molar-refractivity contribution is -0.247. The molecular weight excluding hydrogens is 510 g/mol. The Labute approximate surface area is 224 Å². The molecule has 5 N–H and O–H groups in total. The third kappa shape index (κ3) is 4.12. The molecule has 3 aliphatic rings. The number of phenols is 1. The Morgan fingerprint density at radius 1 is 1.13 bits per heavy atom. The average molecular weight is 542 g/mol. The fourth-order valence-corrected chi connectivity index (χ4v) is 5.85. The van der Waals surface area contributed by atoms with Crippen molar-refractivity contribution in [1.29, 1.82) is 0 Å². The van der Waals surface area contributed by atoms with E-state index in [1.165, 1.54) is 27.2 Å². The van der Waals surface area contributed by atoms with Gasteiger partial charge in [-0.25, -0.2) is 0 Å².